The van der Waals surface area contributed by atoms with Gasteiger partial charge in [0, 0.05) is 11.6 Å². The molecule has 0 aromatic heterocycles. The van der Waals surface area contributed by atoms with E-state index in [9.17, 15) is 53.4 Å². The van der Waals surface area contributed by atoms with Gasteiger partial charge < -0.3 is 10.4 Å². The Balaban J connectivity index is 1.91. The van der Waals surface area contributed by atoms with Crippen LogP contribution in [0.2, 0.25) is 0 Å². The summed E-state index contributed by atoms with van der Waals surface area (Å²) >= 11 is 0. The molecule has 1 amide bonds. The highest BCUT2D eigenvalue weighted by atomic mass is 32.2. The Hall–Kier alpha value is -2.74. The second-order valence-electron chi connectivity index (χ2n) is 10.7. The summed E-state index contributed by atoms with van der Waals surface area (Å²) in [4.78, 5) is 11.8. The number of benzene rings is 2. The minimum Gasteiger partial charge on any atom is -0.384 e. The fourth-order valence-corrected chi connectivity index (χ4v) is 8.96. The molecule has 0 bridgehead atoms. The summed E-state index contributed by atoms with van der Waals surface area (Å²) in [6, 6.07) is 4.75. The van der Waals surface area contributed by atoms with Crippen molar-refractivity contribution in [3.63, 3.8) is 0 Å². The monoisotopic (exact) mass is 613 g/mol. The molecule has 0 radical (unpaired) electrons. The highest BCUT2D eigenvalue weighted by Crippen LogP contribution is 2.61. The highest BCUT2D eigenvalue weighted by molar-refractivity contribution is 7.92. The molecule has 2 aromatic rings. The summed E-state index contributed by atoms with van der Waals surface area (Å²) in [5.74, 6) is -2.74. The Labute approximate surface area is 230 Å². The van der Waals surface area contributed by atoms with Crippen LogP contribution in [0.5, 0.6) is 0 Å². The van der Waals surface area contributed by atoms with E-state index in [1.165, 1.54) is 6.92 Å². The first-order chi connectivity index (χ1) is 18.8. The van der Waals surface area contributed by atoms with Crippen LogP contribution in [-0.4, -0.2) is 43.9 Å². The standard InChI is InChI=1S/C27H27F8NO4S/c1-14(36-23(38)15(2)37)20-11-12-24(41(39,40)19-7-5-18(28)6-8-19)21-10-4-17(13-16(21)3-9-22(20)24)25(29,26(30,31)32)27(33,34)35/h4-8,10,13-15,20,22,37H,3,9,11-12H2,1-2H3,(H,36,38)/t14?,15-,20+,22+,24-/m1/s1. The third-order valence-corrected chi connectivity index (χ3v) is 11.0. The van der Waals surface area contributed by atoms with Crippen LogP contribution in [0.4, 0.5) is 35.1 Å². The van der Waals surface area contributed by atoms with Gasteiger partial charge in [0.25, 0.3) is 0 Å². The average molecular weight is 614 g/mol. The first kappa shape index (κ1) is 31.2. The molecule has 0 spiro atoms. The largest absolute Gasteiger partial charge is 0.435 e. The number of amides is 1. The Kier molecular flexibility index (Phi) is 7.77. The third-order valence-electron chi connectivity index (χ3n) is 8.42. The maximum Gasteiger partial charge on any atom is 0.435 e. The molecule has 0 saturated heterocycles. The van der Waals surface area contributed by atoms with Crippen LogP contribution >= 0.6 is 0 Å². The lowest BCUT2D eigenvalue weighted by Gasteiger charge is -2.44. The van der Waals surface area contributed by atoms with Crippen molar-refractivity contribution in [3.8, 4) is 0 Å². The second kappa shape index (κ2) is 10.2. The van der Waals surface area contributed by atoms with E-state index in [2.05, 4.69) is 5.32 Å². The fourth-order valence-electron chi connectivity index (χ4n) is 6.47. The van der Waals surface area contributed by atoms with Crippen molar-refractivity contribution in [1.29, 1.82) is 0 Å². The summed E-state index contributed by atoms with van der Waals surface area (Å²) in [6.07, 6.45) is -14.2. The number of fused-ring (bicyclic) bond motifs is 3. The molecule has 1 fully saturated rings. The molecule has 41 heavy (non-hydrogen) atoms. The SMILES string of the molecule is CC(NC(=O)[C@@H](C)O)[C@@H]1CC[C@@]2(S(=O)(=O)c3ccc(F)cc3)c3ccc(C(F)(C(F)(F)F)C(F)(F)F)cc3CC[C@@H]12. The van der Waals surface area contributed by atoms with Crippen LogP contribution in [0.3, 0.4) is 0 Å². The van der Waals surface area contributed by atoms with Crippen molar-refractivity contribution in [2.45, 2.75) is 79.3 Å². The van der Waals surface area contributed by atoms with Crippen molar-refractivity contribution >= 4 is 15.7 Å². The van der Waals surface area contributed by atoms with Gasteiger partial charge in [0.05, 0.1) is 4.90 Å². The number of aryl methyl sites for hydroxylation is 1. The summed E-state index contributed by atoms with van der Waals surface area (Å²) in [5.41, 5.74) is -7.64. The molecule has 2 aromatic carbocycles. The molecule has 1 unspecified atom stereocenters. The minimum absolute atomic E-state index is 0.0201. The molecular formula is C27H27F8NO4S. The number of carbonyl (C=O) groups excluding carboxylic acids is 1. The molecule has 0 aliphatic heterocycles. The van der Waals surface area contributed by atoms with Crippen molar-refractivity contribution in [2.75, 3.05) is 0 Å². The molecule has 4 rings (SSSR count). The minimum atomic E-state index is -6.34. The van der Waals surface area contributed by atoms with E-state index in [0.29, 0.717) is 12.1 Å². The van der Waals surface area contributed by atoms with Crippen LogP contribution in [0.15, 0.2) is 47.4 Å². The Morgan fingerprint density at radius 3 is 2.10 bits per heavy atom. The third kappa shape index (κ3) is 4.80. The van der Waals surface area contributed by atoms with E-state index in [1.54, 1.807) is 6.92 Å². The van der Waals surface area contributed by atoms with Crippen LogP contribution in [-0.2, 0) is 31.5 Å². The number of hydrogen-bond donors (Lipinski definition) is 2. The lowest BCUT2D eigenvalue weighted by Crippen LogP contribution is -2.51. The van der Waals surface area contributed by atoms with Crippen molar-refractivity contribution in [1.82, 2.24) is 5.32 Å². The van der Waals surface area contributed by atoms with Crippen LogP contribution in [0.1, 0.15) is 49.8 Å². The molecule has 5 atom stereocenters. The number of aliphatic hydroxyl groups excluding tert-OH is 1. The van der Waals surface area contributed by atoms with Crippen LogP contribution < -0.4 is 5.32 Å². The number of nitrogens with one attached hydrogen (secondary N) is 1. The zero-order chi connectivity index (χ0) is 30.8. The normalized spacial score (nSPS) is 24.8. The summed E-state index contributed by atoms with van der Waals surface area (Å²) in [5, 5.41) is 12.2. The van der Waals surface area contributed by atoms with E-state index in [1.807, 2.05) is 0 Å². The number of sulfone groups is 1. The van der Waals surface area contributed by atoms with Gasteiger partial charge in [0.2, 0.25) is 5.91 Å². The molecule has 0 heterocycles. The molecular weight excluding hydrogens is 586 g/mol. The lowest BCUT2D eigenvalue weighted by atomic mass is 9.71. The fraction of sp³-hybridized carbons (Fsp3) is 0.519. The molecule has 1 saturated carbocycles. The van der Waals surface area contributed by atoms with Gasteiger partial charge in [-0.15, -0.1) is 0 Å². The quantitative estimate of drug-likeness (QED) is 0.326. The lowest BCUT2D eigenvalue weighted by molar-refractivity contribution is -0.348. The molecule has 2 aliphatic carbocycles. The van der Waals surface area contributed by atoms with Crippen molar-refractivity contribution in [3.05, 3.63) is 65.0 Å². The topological polar surface area (TPSA) is 83.5 Å². The molecule has 226 valence electrons. The van der Waals surface area contributed by atoms with E-state index >= 15 is 0 Å². The number of halogens is 8. The van der Waals surface area contributed by atoms with Gasteiger partial charge in [0.15, 0.2) is 9.84 Å². The van der Waals surface area contributed by atoms with E-state index < -0.39 is 73.9 Å². The smallest absolute Gasteiger partial charge is 0.384 e. The first-order valence-corrected chi connectivity index (χ1v) is 14.2. The van der Waals surface area contributed by atoms with Crippen molar-refractivity contribution < 1.29 is 53.4 Å². The average Bonchev–Trinajstić information content (AvgIpc) is 3.28. The van der Waals surface area contributed by atoms with E-state index in [4.69, 9.17) is 0 Å². The van der Waals surface area contributed by atoms with Crippen LogP contribution in [0.25, 0.3) is 0 Å². The molecule has 2 aliphatic rings. The molecule has 5 nitrogen and oxygen atoms in total. The second-order valence-corrected chi connectivity index (χ2v) is 12.9. The predicted molar refractivity (Wildman–Crippen MR) is 130 cm³/mol. The number of carbonyl (C=O) groups is 1. The Morgan fingerprint density at radius 2 is 1.56 bits per heavy atom. The number of hydrogen-bond acceptors (Lipinski definition) is 4. The van der Waals surface area contributed by atoms with E-state index in [-0.39, 0.29) is 41.7 Å². The van der Waals surface area contributed by atoms with Gasteiger partial charge in [-0.2, -0.15) is 26.3 Å². The maximum absolute atomic E-state index is 14.9. The van der Waals surface area contributed by atoms with Gasteiger partial charge >= 0.3 is 18.0 Å². The van der Waals surface area contributed by atoms with Crippen molar-refractivity contribution in [2.24, 2.45) is 11.8 Å². The number of aliphatic hydroxyl groups is 1. The van der Waals surface area contributed by atoms with Gasteiger partial charge in [-0.05, 0) is 86.8 Å². The predicted octanol–water partition coefficient (Wildman–Crippen LogP) is 5.64. The van der Waals surface area contributed by atoms with Gasteiger partial charge in [-0.1, -0.05) is 18.2 Å². The van der Waals surface area contributed by atoms with E-state index in [0.717, 1.165) is 30.3 Å². The maximum atomic E-state index is 14.9. The first-order valence-electron chi connectivity index (χ1n) is 12.7. The van der Waals surface area contributed by atoms with Gasteiger partial charge in [0.1, 0.15) is 16.7 Å². The van der Waals surface area contributed by atoms with Gasteiger partial charge in [-0.3, -0.25) is 4.79 Å². The highest BCUT2D eigenvalue weighted by Gasteiger charge is 2.73. The Bertz CT molecular complexity index is 1410. The van der Waals surface area contributed by atoms with Crippen LogP contribution in [0, 0.1) is 17.7 Å². The molecule has 2 N–H and O–H groups in total. The summed E-state index contributed by atoms with van der Waals surface area (Å²) < 4.78 is 136. The molecule has 14 heteroatoms. The number of rotatable bonds is 6. The Morgan fingerprint density at radius 1 is 0.976 bits per heavy atom. The zero-order valence-electron chi connectivity index (χ0n) is 21.8. The number of alkyl halides is 7. The zero-order valence-corrected chi connectivity index (χ0v) is 22.6. The summed E-state index contributed by atoms with van der Waals surface area (Å²) in [6.45, 7) is 2.84. The van der Waals surface area contributed by atoms with Gasteiger partial charge in [-0.25, -0.2) is 17.2 Å². The summed E-state index contributed by atoms with van der Waals surface area (Å²) in [7, 11) is -4.47.